The van der Waals surface area contributed by atoms with Crippen LogP contribution in [-0.2, 0) is 41.1 Å². The molecule has 0 bridgehead atoms. The molecule has 1 aromatic heterocycles. The Morgan fingerprint density at radius 1 is 1.07 bits per heavy atom. The maximum absolute atomic E-state index is 12.5. The molecule has 2 fully saturated rings. The molecule has 1 aromatic rings. The zero-order chi connectivity index (χ0) is 29.7. The monoisotopic (exact) mass is 747 g/mol. The van der Waals surface area contributed by atoms with Crippen LogP contribution in [0, 0.1) is 3.57 Å². The van der Waals surface area contributed by atoms with Crippen molar-refractivity contribution < 1.29 is 55.7 Å². The van der Waals surface area contributed by atoms with E-state index >= 15 is 0 Å². The van der Waals surface area contributed by atoms with Crippen LogP contribution in [0.1, 0.15) is 65.2 Å². The van der Waals surface area contributed by atoms with Crippen LogP contribution in [0.4, 0.5) is 0 Å². The Morgan fingerprint density at radius 3 is 2.40 bits per heavy atom. The maximum atomic E-state index is 12.5. The first kappa shape index (κ1) is 34.2. The van der Waals surface area contributed by atoms with E-state index in [1.165, 1.54) is 13.1 Å². The predicted octanol–water partition coefficient (Wildman–Crippen LogP) is 2.82. The average molecular weight is 747 g/mol. The number of phosphoric ester groups is 1. The Kier molecular flexibility index (Phi) is 12.4. The van der Waals surface area contributed by atoms with Crippen LogP contribution in [0.5, 0.6) is 0 Å². The van der Waals surface area contributed by atoms with E-state index in [-0.39, 0.29) is 3.57 Å². The third kappa shape index (κ3) is 10.5. The minimum atomic E-state index is -5.58. The first-order chi connectivity index (χ1) is 18.6. The molecular weight excluding hydrogens is 714 g/mol. The smallest absolute Gasteiger partial charge is 0.347 e. The molecule has 1 aliphatic heterocycles. The van der Waals surface area contributed by atoms with Gasteiger partial charge in [-0.15, -0.1) is 0 Å². The first-order valence-electron chi connectivity index (χ1n) is 12.4. The fourth-order valence-electron chi connectivity index (χ4n) is 4.04. The second kappa shape index (κ2) is 14.4. The summed E-state index contributed by atoms with van der Waals surface area (Å²) in [6, 6.07) is -0.444. The quantitative estimate of drug-likeness (QED) is 0.153. The Morgan fingerprint density at radius 2 is 1.75 bits per heavy atom. The minimum absolute atomic E-state index is 0.147. The summed E-state index contributed by atoms with van der Waals surface area (Å²) in [5.41, 5.74) is -1.48. The highest BCUT2D eigenvalue weighted by Crippen LogP contribution is 2.66. The number of halogens is 1. The van der Waals surface area contributed by atoms with Crippen LogP contribution in [-0.4, -0.2) is 55.4 Å². The highest BCUT2D eigenvalue weighted by molar-refractivity contribution is 14.1. The van der Waals surface area contributed by atoms with Crippen molar-refractivity contribution >= 4 is 46.0 Å². The second-order valence-corrected chi connectivity index (χ2v) is 15.1. The number of aromatic nitrogens is 2. The number of hydrogen-bond acceptors (Lipinski definition) is 11. The molecule has 1 aliphatic carbocycles. The number of phosphoric acid groups is 2. The van der Waals surface area contributed by atoms with Gasteiger partial charge >= 0.3 is 29.1 Å². The first-order valence-corrected chi connectivity index (χ1v) is 18.0. The van der Waals surface area contributed by atoms with Gasteiger partial charge in [-0.3, -0.25) is 14.3 Å². The Balaban J connectivity index is 1.68. The van der Waals surface area contributed by atoms with Gasteiger partial charge in [0, 0.05) is 12.2 Å². The van der Waals surface area contributed by atoms with Crippen molar-refractivity contribution in [3.8, 4) is 0 Å². The molecule has 4 unspecified atom stereocenters. The summed E-state index contributed by atoms with van der Waals surface area (Å²) in [4.78, 5) is 56.2. The summed E-state index contributed by atoms with van der Waals surface area (Å²) in [5.74, 6) is 0. The van der Waals surface area contributed by atoms with Gasteiger partial charge in [-0.2, -0.15) is 8.62 Å². The van der Waals surface area contributed by atoms with Crippen molar-refractivity contribution in [2.45, 2.75) is 89.7 Å². The molecule has 1 saturated heterocycles. The molecule has 2 heterocycles. The highest BCUT2D eigenvalue weighted by atomic mass is 127. The Bertz CT molecular complexity index is 1270. The lowest BCUT2D eigenvalue weighted by atomic mass is 9.96. The molecule has 17 nitrogen and oxygen atoms in total. The van der Waals surface area contributed by atoms with Gasteiger partial charge in [0.05, 0.1) is 16.3 Å². The van der Waals surface area contributed by atoms with E-state index in [0.717, 1.165) is 23.8 Å². The van der Waals surface area contributed by atoms with Gasteiger partial charge in [0.25, 0.3) is 12.0 Å². The molecule has 3 rings (SSSR count). The molecule has 40 heavy (non-hydrogen) atoms. The van der Waals surface area contributed by atoms with Gasteiger partial charge in [0.1, 0.15) is 6.10 Å². The van der Waals surface area contributed by atoms with Crippen LogP contribution >= 0.6 is 46.0 Å². The summed E-state index contributed by atoms with van der Waals surface area (Å²) in [6.07, 6.45) is 1.43. The number of ether oxygens (including phenoxy) is 3. The van der Waals surface area contributed by atoms with E-state index in [2.05, 4.69) is 18.7 Å². The second-order valence-electron chi connectivity index (χ2n) is 9.20. The van der Waals surface area contributed by atoms with Gasteiger partial charge in [0.2, 0.25) is 0 Å². The van der Waals surface area contributed by atoms with E-state index in [1.54, 1.807) is 22.6 Å². The van der Waals surface area contributed by atoms with Crippen molar-refractivity contribution in [3.05, 3.63) is 30.6 Å². The van der Waals surface area contributed by atoms with Crippen LogP contribution in [0.3, 0.4) is 0 Å². The summed E-state index contributed by atoms with van der Waals surface area (Å²) in [6.45, 7) is 2.61. The molecule has 230 valence electrons. The third-order valence-corrected chi connectivity index (χ3v) is 11.2. The van der Waals surface area contributed by atoms with Crippen LogP contribution in [0.2, 0.25) is 0 Å². The fraction of sp³-hybridized carbons (Fsp3) is 0.789. The maximum Gasteiger partial charge on any atom is 0.489 e. The minimum Gasteiger partial charge on any atom is -0.347 e. The van der Waals surface area contributed by atoms with E-state index in [0.29, 0.717) is 25.7 Å². The number of rotatable bonds is 12. The molecule has 0 radical (unpaired) electrons. The lowest BCUT2D eigenvalue weighted by molar-refractivity contribution is -0.253. The number of aromatic amines is 1. The van der Waals surface area contributed by atoms with Gasteiger partial charge in [0.15, 0.2) is 6.29 Å². The largest absolute Gasteiger partial charge is 0.489 e. The van der Waals surface area contributed by atoms with E-state index in [4.69, 9.17) is 18.7 Å². The molecule has 0 amide bonds. The number of hydrogen-bond donors (Lipinski definition) is 5. The van der Waals surface area contributed by atoms with Crippen molar-refractivity contribution in [3.63, 3.8) is 0 Å². The van der Waals surface area contributed by atoms with Gasteiger partial charge < -0.3 is 28.9 Å². The lowest BCUT2D eigenvalue weighted by Gasteiger charge is -2.26. The van der Waals surface area contributed by atoms with Crippen LogP contribution in [0.15, 0.2) is 15.8 Å². The summed E-state index contributed by atoms with van der Waals surface area (Å²) in [7, 11) is -15.9. The summed E-state index contributed by atoms with van der Waals surface area (Å²) < 4.78 is 68.8. The summed E-state index contributed by atoms with van der Waals surface area (Å²) in [5, 5.41) is 2.24. The Labute approximate surface area is 242 Å². The molecular formula is C19H33IN3O14P3. The van der Waals surface area contributed by atoms with Gasteiger partial charge in [-0.1, -0.05) is 32.6 Å². The third-order valence-electron chi connectivity index (χ3n) is 5.90. The standard InChI is InChI=1S/C19H33IN3O14P3/c1-3-7-16-33-12(2)15(34-19(35-16)23-10-14(20)17(24)21-18(23)25)11-32-39(28,29)37-40(30,31)36-38(26,27)22-13-8-5-4-6-9-13/h10,12-13,15-16,19H,3-9,11H2,1-2H3,(H,28,29)(H,30,31)(H,21,24,25)(H2,22,26,27)/t12-,15-,16?,19-/m1/s1. The molecule has 2 aliphatic rings. The number of nitrogens with zero attached hydrogens (tertiary/aromatic N) is 1. The number of H-pyrrole nitrogens is 1. The van der Waals surface area contributed by atoms with Crippen LogP contribution < -0.4 is 16.3 Å². The lowest BCUT2D eigenvalue weighted by Crippen LogP contribution is -2.38. The fourth-order valence-corrected chi connectivity index (χ4v) is 8.46. The van der Waals surface area contributed by atoms with E-state index in [1.807, 2.05) is 6.92 Å². The van der Waals surface area contributed by atoms with Gasteiger partial charge in [-0.25, -0.2) is 28.1 Å². The van der Waals surface area contributed by atoms with Gasteiger partial charge in [-0.05, 0) is 48.8 Å². The molecule has 0 spiro atoms. The molecule has 7 atom stereocenters. The Hall–Kier alpha value is -0.300. The summed E-state index contributed by atoms with van der Waals surface area (Å²) >= 11 is 1.71. The average Bonchev–Trinajstić information content (AvgIpc) is 2.97. The highest BCUT2D eigenvalue weighted by Gasteiger charge is 2.43. The van der Waals surface area contributed by atoms with Crippen molar-refractivity contribution in [1.29, 1.82) is 0 Å². The zero-order valence-electron chi connectivity index (χ0n) is 21.6. The molecule has 5 N–H and O–H groups in total. The van der Waals surface area contributed by atoms with Crippen LogP contribution in [0.25, 0.3) is 0 Å². The molecule has 21 heteroatoms. The normalized spacial score (nSPS) is 29.1. The van der Waals surface area contributed by atoms with Crippen molar-refractivity contribution in [2.24, 2.45) is 0 Å². The molecule has 0 aromatic carbocycles. The van der Waals surface area contributed by atoms with E-state index in [9.17, 15) is 38.0 Å². The molecule has 1 saturated carbocycles. The van der Waals surface area contributed by atoms with E-state index < -0.39 is 72.2 Å². The SMILES string of the molecule is CCCC1O[C@H](n2cc(I)c(=O)[nH]c2=O)O[C@H](COP(=O)(O)OP(=O)(O)OP(=O)(O)NC2CCCCC2)[C@@H](C)O1. The predicted molar refractivity (Wildman–Crippen MR) is 146 cm³/mol. The van der Waals surface area contributed by atoms with Crippen molar-refractivity contribution in [1.82, 2.24) is 14.6 Å². The number of nitrogens with one attached hydrogen (secondary N) is 2. The van der Waals surface area contributed by atoms with Crippen molar-refractivity contribution in [2.75, 3.05) is 6.61 Å². The zero-order valence-corrected chi connectivity index (χ0v) is 26.5. The topological polar surface area (TPSA) is 234 Å².